The van der Waals surface area contributed by atoms with Gasteiger partial charge in [0.2, 0.25) is 5.95 Å². The van der Waals surface area contributed by atoms with Gasteiger partial charge in [-0.25, -0.2) is 9.78 Å². The highest BCUT2D eigenvalue weighted by Gasteiger charge is 2.37. The van der Waals surface area contributed by atoms with Gasteiger partial charge in [0.1, 0.15) is 5.15 Å². The molecule has 0 aliphatic carbocycles. The minimum Gasteiger partial charge on any atom is -0.478 e. The van der Waals surface area contributed by atoms with Gasteiger partial charge in [-0.05, 0) is 30.7 Å². The number of pyridine rings is 1. The molecule has 1 amide bonds. The van der Waals surface area contributed by atoms with E-state index in [-0.39, 0.29) is 40.5 Å². The second-order valence-corrected chi connectivity index (χ2v) is 6.75. The number of carbonyl (C=O) groups excluding carboxylic acids is 1. The zero-order valence-corrected chi connectivity index (χ0v) is 15.9. The highest BCUT2D eigenvalue weighted by Crippen LogP contribution is 2.41. The Morgan fingerprint density at radius 3 is 2.83 bits per heavy atom. The van der Waals surface area contributed by atoms with Crippen LogP contribution in [0.3, 0.4) is 0 Å². The van der Waals surface area contributed by atoms with Crippen LogP contribution in [0.15, 0.2) is 30.6 Å². The summed E-state index contributed by atoms with van der Waals surface area (Å²) in [6.07, 6.45) is 4.55. The van der Waals surface area contributed by atoms with E-state index >= 15 is 0 Å². The molecule has 0 radical (unpaired) electrons. The normalized spacial score (nSPS) is 14.5. The Morgan fingerprint density at radius 1 is 1.38 bits per heavy atom. The van der Waals surface area contributed by atoms with Gasteiger partial charge in [0.25, 0.3) is 5.91 Å². The number of anilines is 2. The molecule has 29 heavy (non-hydrogen) atoms. The number of aromatic nitrogens is 4. The SMILES string of the molecule is Cc1c(C(=O)O)c[nH]c1/C=C1\C(=O)N(Cc2ccccn2)c2nc(N)nc(Cl)c21. The monoisotopic (exact) mass is 410 g/mol. The van der Waals surface area contributed by atoms with Gasteiger partial charge < -0.3 is 15.8 Å². The van der Waals surface area contributed by atoms with Gasteiger partial charge in [-0.15, -0.1) is 0 Å². The summed E-state index contributed by atoms with van der Waals surface area (Å²) in [5.41, 5.74) is 8.07. The van der Waals surface area contributed by atoms with Gasteiger partial charge in [0, 0.05) is 18.1 Å². The van der Waals surface area contributed by atoms with Crippen LogP contribution in [-0.2, 0) is 11.3 Å². The third-order valence-corrected chi connectivity index (χ3v) is 4.88. The second-order valence-electron chi connectivity index (χ2n) is 6.39. The maximum atomic E-state index is 13.2. The number of aromatic amines is 1. The Balaban J connectivity index is 1.84. The number of carbonyl (C=O) groups is 2. The molecule has 0 unspecified atom stereocenters. The Labute approximate surface area is 169 Å². The predicted molar refractivity (Wildman–Crippen MR) is 107 cm³/mol. The van der Waals surface area contributed by atoms with Crippen LogP contribution in [0.5, 0.6) is 0 Å². The van der Waals surface area contributed by atoms with Crippen molar-refractivity contribution in [3.8, 4) is 0 Å². The van der Waals surface area contributed by atoms with Crippen LogP contribution in [0, 0.1) is 6.92 Å². The Morgan fingerprint density at radius 2 is 2.17 bits per heavy atom. The van der Waals surface area contributed by atoms with Crippen LogP contribution in [0.2, 0.25) is 5.15 Å². The lowest BCUT2D eigenvalue weighted by Crippen LogP contribution is -2.27. The van der Waals surface area contributed by atoms with Crippen molar-refractivity contribution in [1.29, 1.82) is 0 Å². The smallest absolute Gasteiger partial charge is 0.337 e. The molecule has 0 spiro atoms. The van der Waals surface area contributed by atoms with Gasteiger partial charge in [0.15, 0.2) is 5.82 Å². The molecule has 3 aromatic rings. The molecule has 146 valence electrons. The summed E-state index contributed by atoms with van der Waals surface area (Å²) in [5.74, 6) is -1.20. The van der Waals surface area contributed by atoms with E-state index in [2.05, 4.69) is 19.9 Å². The van der Waals surface area contributed by atoms with Crippen molar-refractivity contribution < 1.29 is 14.7 Å². The van der Waals surface area contributed by atoms with Gasteiger partial charge in [-0.1, -0.05) is 17.7 Å². The predicted octanol–water partition coefficient (Wildman–Crippen LogP) is 2.53. The summed E-state index contributed by atoms with van der Waals surface area (Å²) in [7, 11) is 0. The molecule has 3 aromatic heterocycles. The van der Waals surface area contributed by atoms with Crippen molar-refractivity contribution in [2.45, 2.75) is 13.5 Å². The number of H-pyrrole nitrogens is 1. The van der Waals surface area contributed by atoms with Crippen LogP contribution in [0.1, 0.15) is 32.9 Å². The third kappa shape index (κ3) is 3.21. The molecule has 0 bridgehead atoms. The number of carboxylic acid groups (broad SMARTS) is 1. The molecule has 0 aromatic carbocycles. The largest absolute Gasteiger partial charge is 0.478 e. The van der Waals surface area contributed by atoms with E-state index in [1.165, 1.54) is 11.1 Å². The van der Waals surface area contributed by atoms with Crippen LogP contribution in [0.4, 0.5) is 11.8 Å². The number of nitrogen functional groups attached to an aromatic ring is 1. The number of nitrogens with two attached hydrogens (primary N) is 1. The average Bonchev–Trinajstić information content (AvgIpc) is 3.16. The Bertz CT molecular complexity index is 1170. The number of hydrogen-bond donors (Lipinski definition) is 3. The maximum absolute atomic E-state index is 13.2. The molecule has 10 heteroatoms. The van der Waals surface area contributed by atoms with Crippen LogP contribution >= 0.6 is 11.6 Å². The van der Waals surface area contributed by atoms with E-state index < -0.39 is 5.97 Å². The Kier molecular flexibility index (Phi) is 4.51. The molecule has 9 nitrogen and oxygen atoms in total. The van der Waals surface area contributed by atoms with Crippen LogP contribution in [0.25, 0.3) is 11.6 Å². The van der Waals surface area contributed by atoms with Gasteiger partial charge >= 0.3 is 5.97 Å². The Hall–Kier alpha value is -3.72. The average molecular weight is 411 g/mol. The first kappa shape index (κ1) is 18.6. The minimum atomic E-state index is -1.06. The van der Waals surface area contributed by atoms with E-state index in [4.69, 9.17) is 17.3 Å². The van der Waals surface area contributed by atoms with Gasteiger partial charge in [0.05, 0.1) is 28.9 Å². The molecule has 4 N–H and O–H groups in total. The quantitative estimate of drug-likeness (QED) is 0.443. The molecular weight excluding hydrogens is 396 g/mol. The fourth-order valence-electron chi connectivity index (χ4n) is 3.18. The first-order chi connectivity index (χ1) is 13.9. The van der Waals surface area contributed by atoms with E-state index in [1.807, 2.05) is 6.07 Å². The van der Waals surface area contributed by atoms with Crippen molar-refractivity contribution in [2.24, 2.45) is 0 Å². The number of carboxylic acids is 1. The summed E-state index contributed by atoms with van der Waals surface area (Å²) in [6, 6.07) is 5.38. The highest BCUT2D eigenvalue weighted by molar-refractivity contribution is 6.41. The van der Waals surface area contributed by atoms with Crippen molar-refractivity contribution in [1.82, 2.24) is 19.9 Å². The number of nitrogens with zero attached hydrogens (tertiary/aromatic N) is 4. The lowest BCUT2D eigenvalue weighted by Gasteiger charge is -2.15. The van der Waals surface area contributed by atoms with E-state index in [1.54, 1.807) is 31.3 Å². The number of hydrogen-bond acceptors (Lipinski definition) is 6. The van der Waals surface area contributed by atoms with Crippen molar-refractivity contribution in [2.75, 3.05) is 10.6 Å². The van der Waals surface area contributed by atoms with E-state index in [0.717, 1.165) is 0 Å². The molecule has 0 saturated carbocycles. The molecular formula is C19H15ClN6O3. The zero-order valence-electron chi connectivity index (χ0n) is 15.2. The van der Waals surface area contributed by atoms with Gasteiger partial charge in [-0.2, -0.15) is 4.98 Å². The number of nitrogens with one attached hydrogen (secondary N) is 1. The third-order valence-electron chi connectivity index (χ3n) is 4.61. The molecule has 4 rings (SSSR count). The fourth-order valence-corrected chi connectivity index (χ4v) is 3.45. The van der Waals surface area contributed by atoms with E-state index in [9.17, 15) is 14.7 Å². The molecule has 4 heterocycles. The maximum Gasteiger partial charge on any atom is 0.337 e. The zero-order chi connectivity index (χ0) is 20.7. The van der Waals surface area contributed by atoms with E-state index in [0.29, 0.717) is 22.5 Å². The molecule has 0 atom stereocenters. The first-order valence-electron chi connectivity index (χ1n) is 8.55. The van der Waals surface area contributed by atoms with Gasteiger partial charge in [-0.3, -0.25) is 14.7 Å². The molecule has 0 fully saturated rings. The highest BCUT2D eigenvalue weighted by atomic mass is 35.5. The molecule has 1 aliphatic rings. The summed E-state index contributed by atoms with van der Waals surface area (Å²) in [4.78, 5) is 41.2. The van der Waals surface area contributed by atoms with Crippen molar-refractivity contribution in [3.05, 3.63) is 63.8 Å². The summed E-state index contributed by atoms with van der Waals surface area (Å²) in [6.45, 7) is 1.82. The lowest BCUT2D eigenvalue weighted by molar-refractivity contribution is -0.113. The molecule has 0 saturated heterocycles. The number of rotatable bonds is 4. The minimum absolute atomic E-state index is 0.0401. The van der Waals surface area contributed by atoms with Crippen LogP contribution in [-0.4, -0.2) is 36.9 Å². The van der Waals surface area contributed by atoms with Crippen molar-refractivity contribution >= 4 is 46.9 Å². The standard InChI is InChI=1S/C19H15ClN6O3/c1-9-12(18(28)29)7-23-13(9)6-11-14-15(20)24-19(21)25-16(14)26(17(11)27)8-10-4-2-3-5-22-10/h2-7,23H,8H2,1H3,(H,28,29)(H2,21,24,25)/b11-6-. The first-order valence-corrected chi connectivity index (χ1v) is 8.92. The topological polar surface area (TPSA) is 138 Å². The number of fused-ring (bicyclic) bond motifs is 1. The summed E-state index contributed by atoms with van der Waals surface area (Å²) in [5, 5.41) is 9.29. The number of halogens is 1. The summed E-state index contributed by atoms with van der Waals surface area (Å²) < 4.78 is 0. The summed E-state index contributed by atoms with van der Waals surface area (Å²) >= 11 is 6.29. The van der Waals surface area contributed by atoms with Crippen LogP contribution < -0.4 is 10.6 Å². The number of amides is 1. The lowest BCUT2D eigenvalue weighted by atomic mass is 10.1. The number of aromatic carboxylic acids is 1. The molecule has 1 aliphatic heterocycles. The fraction of sp³-hybridized carbons (Fsp3) is 0.105. The second kappa shape index (κ2) is 7.02. The van der Waals surface area contributed by atoms with Crippen molar-refractivity contribution in [3.63, 3.8) is 0 Å².